The van der Waals surface area contributed by atoms with Gasteiger partial charge in [0.25, 0.3) is 0 Å². The van der Waals surface area contributed by atoms with Crippen LogP contribution in [0.5, 0.6) is 34.5 Å². The topological polar surface area (TPSA) is 58.9 Å². The second kappa shape index (κ2) is 3.81. The number of fused-ring (bicyclic) bond motifs is 4. The minimum Gasteiger partial charge on any atom is -0.508 e. The molecule has 0 bridgehead atoms. The highest BCUT2D eigenvalue weighted by Crippen LogP contribution is 2.53. The highest BCUT2D eigenvalue weighted by Gasteiger charge is 2.24. The van der Waals surface area contributed by atoms with Gasteiger partial charge in [0.15, 0.2) is 23.0 Å². The molecule has 0 unspecified atom stereocenters. The van der Waals surface area contributed by atoms with Crippen LogP contribution >= 0.6 is 0 Å². The first-order chi connectivity index (χ1) is 9.72. The van der Waals surface area contributed by atoms with Crippen LogP contribution in [0.15, 0.2) is 48.5 Å². The Balaban J connectivity index is 1.99. The van der Waals surface area contributed by atoms with Gasteiger partial charge in [-0.15, -0.1) is 0 Å². The van der Waals surface area contributed by atoms with Crippen LogP contribution in [0.2, 0.25) is 0 Å². The third-order valence-corrected chi connectivity index (χ3v) is 3.29. The summed E-state index contributed by atoms with van der Waals surface area (Å²) in [7, 11) is 0. The van der Waals surface area contributed by atoms with Crippen LogP contribution in [0.3, 0.4) is 0 Å². The standard InChI is InChI=1S/C16H10O4/c17-10-5-6-13-14(8-10)20-15-11-4-2-1-3-9(11)7-12(18)16(15)19-13/h1-8,17-18H. The first-order valence-electron chi connectivity index (χ1n) is 6.16. The van der Waals surface area contributed by atoms with Gasteiger partial charge in [-0.1, -0.05) is 24.3 Å². The van der Waals surface area contributed by atoms with Gasteiger partial charge in [0.05, 0.1) is 0 Å². The minimum atomic E-state index is 0.0254. The summed E-state index contributed by atoms with van der Waals surface area (Å²) in [5, 5.41) is 21.3. The molecule has 3 aromatic rings. The molecule has 1 aliphatic heterocycles. The Labute approximate surface area is 114 Å². The number of benzene rings is 3. The zero-order valence-electron chi connectivity index (χ0n) is 10.3. The number of hydrogen-bond acceptors (Lipinski definition) is 4. The van der Waals surface area contributed by atoms with Gasteiger partial charge in [-0.3, -0.25) is 0 Å². The molecule has 0 saturated carbocycles. The maximum Gasteiger partial charge on any atom is 0.212 e. The van der Waals surface area contributed by atoms with Crippen molar-refractivity contribution in [2.75, 3.05) is 0 Å². The quantitative estimate of drug-likeness (QED) is 0.502. The average molecular weight is 266 g/mol. The lowest BCUT2D eigenvalue weighted by Crippen LogP contribution is -1.99. The molecular formula is C16H10O4. The summed E-state index contributed by atoms with van der Waals surface area (Å²) in [6, 6.07) is 13.8. The van der Waals surface area contributed by atoms with Gasteiger partial charge < -0.3 is 19.7 Å². The number of phenols is 2. The number of rotatable bonds is 0. The van der Waals surface area contributed by atoms with Crippen molar-refractivity contribution in [2.45, 2.75) is 0 Å². The van der Waals surface area contributed by atoms with E-state index < -0.39 is 0 Å². The van der Waals surface area contributed by atoms with Crippen LogP contribution in [0.4, 0.5) is 0 Å². The van der Waals surface area contributed by atoms with E-state index in [1.807, 2.05) is 24.3 Å². The molecule has 0 amide bonds. The lowest BCUT2D eigenvalue weighted by Gasteiger charge is -2.22. The van der Waals surface area contributed by atoms with Gasteiger partial charge in [-0.05, 0) is 23.6 Å². The Morgan fingerprint density at radius 2 is 1.55 bits per heavy atom. The van der Waals surface area contributed by atoms with Crippen molar-refractivity contribution in [3.05, 3.63) is 48.5 Å². The molecular weight excluding hydrogens is 256 g/mol. The number of phenolic OH excluding ortho intramolecular Hbond substituents is 2. The van der Waals surface area contributed by atoms with Gasteiger partial charge in [0, 0.05) is 11.5 Å². The van der Waals surface area contributed by atoms with E-state index in [1.165, 1.54) is 12.1 Å². The van der Waals surface area contributed by atoms with Crippen LogP contribution < -0.4 is 9.47 Å². The van der Waals surface area contributed by atoms with Gasteiger partial charge in [-0.25, -0.2) is 0 Å². The number of ether oxygens (including phenoxy) is 2. The molecule has 1 aliphatic rings. The Bertz CT molecular complexity index is 839. The lowest BCUT2D eigenvalue weighted by molar-refractivity contribution is 0.338. The molecule has 20 heavy (non-hydrogen) atoms. The molecule has 2 N–H and O–H groups in total. The molecule has 3 aromatic carbocycles. The first-order valence-corrected chi connectivity index (χ1v) is 6.16. The van der Waals surface area contributed by atoms with Gasteiger partial charge >= 0.3 is 0 Å². The van der Waals surface area contributed by atoms with Crippen LogP contribution in [0.25, 0.3) is 10.8 Å². The predicted octanol–water partition coefficient (Wildman–Crippen LogP) is 4.15. The van der Waals surface area contributed by atoms with Crippen molar-refractivity contribution >= 4 is 10.8 Å². The Kier molecular flexibility index (Phi) is 2.09. The van der Waals surface area contributed by atoms with Crippen molar-refractivity contribution in [1.82, 2.24) is 0 Å². The van der Waals surface area contributed by atoms with Crippen molar-refractivity contribution in [3.8, 4) is 34.5 Å². The Hall–Kier alpha value is -2.88. The zero-order chi connectivity index (χ0) is 13.7. The highest BCUT2D eigenvalue weighted by atomic mass is 16.6. The van der Waals surface area contributed by atoms with E-state index in [0.717, 1.165) is 10.8 Å². The van der Waals surface area contributed by atoms with E-state index in [9.17, 15) is 10.2 Å². The summed E-state index contributed by atoms with van der Waals surface area (Å²) in [5.41, 5.74) is 0. The van der Waals surface area contributed by atoms with E-state index >= 15 is 0 Å². The zero-order valence-corrected chi connectivity index (χ0v) is 10.3. The fourth-order valence-electron chi connectivity index (χ4n) is 2.36. The lowest BCUT2D eigenvalue weighted by atomic mass is 10.1. The SMILES string of the molecule is Oc1ccc2c(c1)Oc1c(c(O)cc3ccccc13)O2. The van der Waals surface area contributed by atoms with Crippen LogP contribution in [0, 0.1) is 0 Å². The number of aromatic hydroxyl groups is 2. The molecule has 98 valence electrons. The largest absolute Gasteiger partial charge is 0.508 e. The molecule has 4 heteroatoms. The predicted molar refractivity (Wildman–Crippen MR) is 73.9 cm³/mol. The fourth-order valence-corrected chi connectivity index (χ4v) is 2.36. The minimum absolute atomic E-state index is 0.0254. The monoisotopic (exact) mass is 266 g/mol. The second-order valence-corrected chi connectivity index (χ2v) is 4.61. The molecule has 0 radical (unpaired) electrons. The molecule has 0 aromatic heterocycles. The smallest absolute Gasteiger partial charge is 0.212 e. The van der Waals surface area contributed by atoms with Crippen molar-refractivity contribution in [2.24, 2.45) is 0 Å². The maximum atomic E-state index is 10.1. The normalized spacial score (nSPS) is 12.2. The average Bonchev–Trinajstić information content (AvgIpc) is 2.46. The third kappa shape index (κ3) is 1.48. The molecule has 1 heterocycles. The van der Waals surface area contributed by atoms with Gasteiger partial charge in [-0.2, -0.15) is 0 Å². The molecule has 0 atom stereocenters. The summed E-state index contributed by atoms with van der Waals surface area (Å²) in [5.74, 6) is 1.76. The fraction of sp³-hybridized carbons (Fsp3) is 0. The molecule has 0 aliphatic carbocycles. The van der Waals surface area contributed by atoms with Gasteiger partial charge in [0.1, 0.15) is 5.75 Å². The van der Waals surface area contributed by atoms with E-state index in [2.05, 4.69) is 0 Å². The summed E-state index contributed by atoms with van der Waals surface area (Å²) >= 11 is 0. The van der Waals surface area contributed by atoms with Crippen LogP contribution in [-0.4, -0.2) is 10.2 Å². The van der Waals surface area contributed by atoms with Crippen molar-refractivity contribution < 1.29 is 19.7 Å². The summed E-state index contributed by atoms with van der Waals surface area (Å²) in [6.07, 6.45) is 0. The first kappa shape index (κ1) is 11.0. The summed E-state index contributed by atoms with van der Waals surface area (Å²) < 4.78 is 11.5. The molecule has 0 fully saturated rings. The molecule has 4 rings (SSSR count). The Morgan fingerprint density at radius 1 is 0.750 bits per heavy atom. The molecule has 4 nitrogen and oxygen atoms in total. The Morgan fingerprint density at radius 3 is 2.45 bits per heavy atom. The molecule has 0 spiro atoms. The summed E-state index contributed by atoms with van der Waals surface area (Å²) in [6.45, 7) is 0. The van der Waals surface area contributed by atoms with Crippen molar-refractivity contribution in [3.63, 3.8) is 0 Å². The molecule has 0 saturated heterocycles. The second-order valence-electron chi connectivity index (χ2n) is 4.61. The number of hydrogen-bond donors (Lipinski definition) is 2. The van der Waals surface area contributed by atoms with E-state index in [0.29, 0.717) is 23.0 Å². The third-order valence-electron chi connectivity index (χ3n) is 3.29. The van der Waals surface area contributed by atoms with Crippen LogP contribution in [-0.2, 0) is 0 Å². The van der Waals surface area contributed by atoms with E-state index in [4.69, 9.17) is 9.47 Å². The maximum absolute atomic E-state index is 10.1. The van der Waals surface area contributed by atoms with Gasteiger partial charge in [0.2, 0.25) is 5.75 Å². The van der Waals surface area contributed by atoms with E-state index in [1.54, 1.807) is 12.1 Å². The highest BCUT2D eigenvalue weighted by molar-refractivity contribution is 5.93. The van der Waals surface area contributed by atoms with Crippen LogP contribution in [0.1, 0.15) is 0 Å². The summed E-state index contributed by atoms with van der Waals surface area (Å²) in [4.78, 5) is 0. The van der Waals surface area contributed by atoms with Crippen molar-refractivity contribution in [1.29, 1.82) is 0 Å². The van der Waals surface area contributed by atoms with E-state index in [-0.39, 0.29) is 11.5 Å².